The number of carboxylic acid groups (broad SMARTS) is 1. The highest BCUT2D eigenvalue weighted by Crippen LogP contribution is 2.40. The third-order valence-corrected chi connectivity index (χ3v) is 5.91. The highest BCUT2D eigenvalue weighted by molar-refractivity contribution is 5.91. The van der Waals surface area contributed by atoms with Crippen molar-refractivity contribution in [3.05, 3.63) is 64.7 Å². The zero-order valence-corrected chi connectivity index (χ0v) is 18.7. The van der Waals surface area contributed by atoms with Crippen LogP contribution in [-0.4, -0.2) is 54.0 Å². The number of likely N-dealkylation sites (N-methyl/N-ethyl adjacent to an activating group) is 1. The van der Waals surface area contributed by atoms with Crippen molar-refractivity contribution in [2.75, 3.05) is 25.0 Å². The average Bonchev–Trinajstić information content (AvgIpc) is 2.78. The molecular formula is C22H18F9N3O3. The van der Waals surface area contributed by atoms with E-state index in [9.17, 15) is 49.8 Å². The summed E-state index contributed by atoms with van der Waals surface area (Å²) in [5.74, 6) is -3.75. The molecule has 37 heavy (non-hydrogen) atoms. The number of alkyl halides is 7. The monoisotopic (exact) mass is 543 g/mol. The Kier molecular flexibility index (Phi) is 7.30. The van der Waals surface area contributed by atoms with Crippen LogP contribution in [0.1, 0.15) is 16.7 Å². The van der Waals surface area contributed by atoms with Crippen molar-refractivity contribution in [2.24, 2.45) is 0 Å². The van der Waals surface area contributed by atoms with E-state index in [4.69, 9.17) is 0 Å². The van der Waals surface area contributed by atoms with Crippen LogP contribution in [-0.2, 0) is 23.6 Å². The molecule has 2 N–H and O–H groups in total. The molecule has 2 unspecified atom stereocenters. The molecule has 202 valence electrons. The maximum absolute atomic E-state index is 16.2. The number of halogens is 9. The Morgan fingerprint density at radius 1 is 1.00 bits per heavy atom. The van der Waals surface area contributed by atoms with Gasteiger partial charge in [-0.25, -0.2) is 18.0 Å². The van der Waals surface area contributed by atoms with Crippen molar-refractivity contribution in [3.8, 4) is 0 Å². The molecule has 0 spiro atoms. The maximum Gasteiger partial charge on any atom is 0.416 e. The molecule has 0 aliphatic carbocycles. The fourth-order valence-corrected chi connectivity index (χ4v) is 4.27. The molecule has 1 heterocycles. The Morgan fingerprint density at radius 2 is 1.57 bits per heavy atom. The van der Waals surface area contributed by atoms with Gasteiger partial charge in [-0.05, 0) is 35.9 Å². The summed E-state index contributed by atoms with van der Waals surface area (Å²) in [6.45, 7) is -1.28. The van der Waals surface area contributed by atoms with Gasteiger partial charge in [0.05, 0.1) is 16.8 Å². The van der Waals surface area contributed by atoms with E-state index < -0.39 is 89.7 Å². The average molecular weight is 543 g/mol. The maximum atomic E-state index is 16.2. The van der Waals surface area contributed by atoms with Gasteiger partial charge in [0.1, 0.15) is 11.6 Å². The van der Waals surface area contributed by atoms with Crippen molar-refractivity contribution >= 4 is 17.7 Å². The number of carbonyl (C=O) groups excluding carboxylic acids is 1. The standard InChI is InChI=1S/C22H18F9N3O3/c1-32-18(35)20(10-11-6-12(21(26,27)28)8-13(7-11)22(29,30)31)17(25)33(4-5-34(20)19(36)37)16-3-2-14(23)9-15(16)24/h2-3,6-9,17H,4-5,10H2,1H3,(H,32,35)(H,36,37). The van der Waals surface area contributed by atoms with Crippen LogP contribution < -0.4 is 10.2 Å². The van der Waals surface area contributed by atoms with E-state index in [1.165, 1.54) is 0 Å². The molecule has 2 atom stereocenters. The van der Waals surface area contributed by atoms with E-state index >= 15 is 4.39 Å². The highest BCUT2D eigenvalue weighted by atomic mass is 19.4. The first-order valence-corrected chi connectivity index (χ1v) is 10.4. The number of benzene rings is 2. The van der Waals surface area contributed by atoms with Gasteiger partial charge in [0.25, 0.3) is 5.91 Å². The van der Waals surface area contributed by atoms with Gasteiger partial charge in [0.2, 0.25) is 6.30 Å². The summed E-state index contributed by atoms with van der Waals surface area (Å²) in [5.41, 5.74) is -7.96. The lowest BCUT2D eigenvalue weighted by Gasteiger charge is -2.51. The Bertz CT molecular complexity index is 1170. The Hall–Kier alpha value is -3.65. The lowest BCUT2D eigenvalue weighted by atomic mass is 9.83. The molecule has 0 bridgehead atoms. The Morgan fingerprint density at radius 3 is 2.03 bits per heavy atom. The minimum Gasteiger partial charge on any atom is -0.465 e. The number of rotatable bonds is 4. The van der Waals surface area contributed by atoms with Crippen molar-refractivity contribution in [2.45, 2.75) is 30.6 Å². The number of hydrogen-bond acceptors (Lipinski definition) is 3. The number of hydrogen-bond donors (Lipinski definition) is 2. The molecule has 1 aliphatic heterocycles. The molecule has 2 amide bonds. The summed E-state index contributed by atoms with van der Waals surface area (Å²) in [7, 11) is 0.946. The molecule has 2 aromatic rings. The van der Waals surface area contributed by atoms with Crippen molar-refractivity contribution < 1.29 is 54.2 Å². The number of nitrogens with zero attached hydrogens (tertiary/aromatic N) is 2. The number of carbonyl (C=O) groups is 2. The molecule has 0 aromatic heterocycles. The molecule has 0 saturated carbocycles. The van der Waals surface area contributed by atoms with Crippen LogP contribution in [0.15, 0.2) is 36.4 Å². The van der Waals surface area contributed by atoms with Crippen LogP contribution in [0, 0.1) is 11.6 Å². The van der Waals surface area contributed by atoms with Gasteiger partial charge < -0.3 is 15.3 Å². The van der Waals surface area contributed by atoms with Crippen LogP contribution in [0.4, 0.5) is 50.0 Å². The fourth-order valence-electron chi connectivity index (χ4n) is 4.27. The van der Waals surface area contributed by atoms with Gasteiger partial charge in [0, 0.05) is 32.6 Å². The summed E-state index contributed by atoms with van der Waals surface area (Å²) in [4.78, 5) is 25.8. The predicted molar refractivity (Wildman–Crippen MR) is 110 cm³/mol. The van der Waals surface area contributed by atoms with E-state index in [1.54, 1.807) is 0 Å². The van der Waals surface area contributed by atoms with Crippen LogP contribution >= 0.6 is 0 Å². The number of piperazine rings is 1. The van der Waals surface area contributed by atoms with Crippen molar-refractivity contribution in [3.63, 3.8) is 0 Å². The van der Waals surface area contributed by atoms with Gasteiger partial charge in [-0.2, -0.15) is 26.3 Å². The van der Waals surface area contributed by atoms with Crippen LogP contribution in [0.5, 0.6) is 0 Å². The highest BCUT2D eigenvalue weighted by Gasteiger charge is 2.58. The lowest BCUT2D eigenvalue weighted by Crippen LogP contribution is -2.74. The third kappa shape index (κ3) is 5.25. The largest absolute Gasteiger partial charge is 0.465 e. The second kappa shape index (κ2) is 9.67. The SMILES string of the molecule is CNC(=O)C1(Cc2cc(C(F)(F)F)cc(C(F)(F)F)c2)C(F)N(c2ccc(F)cc2F)CCN1C(=O)O. The predicted octanol–water partition coefficient (Wildman–Crippen LogP) is 4.83. The van der Waals surface area contributed by atoms with Crippen LogP contribution in [0.2, 0.25) is 0 Å². The molecule has 6 nitrogen and oxygen atoms in total. The summed E-state index contributed by atoms with van der Waals surface area (Å²) >= 11 is 0. The molecule has 3 rings (SSSR count). The first-order valence-electron chi connectivity index (χ1n) is 10.4. The van der Waals surface area contributed by atoms with E-state index in [1.807, 2.05) is 5.32 Å². The zero-order chi connectivity index (χ0) is 27.9. The van der Waals surface area contributed by atoms with Gasteiger partial charge in [-0.15, -0.1) is 0 Å². The van der Waals surface area contributed by atoms with Gasteiger partial charge in [-0.1, -0.05) is 0 Å². The minimum atomic E-state index is -5.27. The van der Waals surface area contributed by atoms with Gasteiger partial charge >= 0.3 is 18.4 Å². The van der Waals surface area contributed by atoms with Crippen LogP contribution in [0.3, 0.4) is 0 Å². The first kappa shape index (κ1) is 27.9. The van der Waals surface area contributed by atoms with Gasteiger partial charge in [0.15, 0.2) is 5.54 Å². The topological polar surface area (TPSA) is 72.9 Å². The fraction of sp³-hybridized carbons (Fsp3) is 0.364. The number of anilines is 1. The smallest absolute Gasteiger partial charge is 0.416 e. The van der Waals surface area contributed by atoms with Crippen LogP contribution in [0.25, 0.3) is 0 Å². The van der Waals surface area contributed by atoms with E-state index in [2.05, 4.69) is 0 Å². The molecular weight excluding hydrogens is 525 g/mol. The molecule has 1 fully saturated rings. The van der Waals surface area contributed by atoms with E-state index in [0.717, 1.165) is 19.2 Å². The zero-order valence-electron chi connectivity index (χ0n) is 18.7. The summed E-state index contributed by atoms with van der Waals surface area (Å²) < 4.78 is 124. The Balaban J connectivity index is 2.24. The minimum absolute atomic E-state index is 0.182. The molecule has 15 heteroatoms. The molecule has 1 aliphatic rings. The second-order valence-corrected chi connectivity index (χ2v) is 8.15. The molecule has 2 aromatic carbocycles. The Labute approximate surface area is 203 Å². The van der Waals surface area contributed by atoms with Crippen molar-refractivity contribution in [1.29, 1.82) is 0 Å². The number of nitrogens with one attached hydrogen (secondary N) is 1. The van der Waals surface area contributed by atoms with E-state index in [-0.39, 0.29) is 23.1 Å². The van der Waals surface area contributed by atoms with E-state index in [0.29, 0.717) is 11.0 Å². The first-order chi connectivity index (χ1) is 17.0. The summed E-state index contributed by atoms with van der Waals surface area (Å²) in [6.07, 6.45) is -16.6. The molecule has 0 radical (unpaired) electrons. The second-order valence-electron chi connectivity index (χ2n) is 8.15. The quantitative estimate of drug-likeness (QED) is 0.429. The summed E-state index contributed by atoms with van der Waals surface area (Å²) in [5, 5.41) is 11.7. The summed E-state index contributed by atoms with van der Waals surface area (Å²) in [6, 6.07) is 2.23. The lowest BCUT2D eigenvalue weighted by molar-refractivity contribution is -0.143. The normalized spacial score (nSPS) is 20.6. The van der Waals surface area contributed by atoms with Gasteiger partial charge in [-0.3, -0.25) is 9.69 Å². The number of amides is 2. The van der Waals surface area contributed by atoms with Crippen molar-refractivity contribution in [1.82, 2.24) is 10.2 Å². The molecule has 1 saturated heterocycles. The third-order valence-electron chi connectivity index (χ3n) is 5.91.